The van der Waals surface area contributed by atoms with Crippen LogP contribution in [0.15, 0.2) is 41.0 Å². The Labute approximate surface area is 149 Å². The first-order valence-corrected chi connectivity index (χ1v) is 8.19. The van der Waals surface area contributed by atoms with Crippen LogP contribution in [0.5, 0.6) is 5.75 Å². The van der Waals surface area contributed by atoms with Crippen molar-refractivity contribution in [3.05, 3.63) is 48.2 Å². The summed E-state index contributed by atoms with van der Waals surface area (Å²) in [6, 6.07) is 7.57. The molecule has 0 unspecified atom stereocenters. The van der Waals surface area contributed by atoms with Gasteiger partial charge in [-0.15, -0.1) is 11.6 Å². The first-order chi connectivity index (χ1) is 12.0. The van der Waals surface area contributed by atoms with Crippen LogP contribution in [0.25, 0.3) is 11.1 Å². The second kappa shape index (κ2) is 7.58. The molecule has 6 nitrogen and oxygen atoms in total. The van der Waals surface area contributed by atoms with E-state index in [9.17, 15) is 13.6 Å². The molecule has 0 spiro atoms. The van der Waals surface area contributed by atoms with Gasteiger partial charge in [-0.05, 0) is 23.8 Å². The zero-order valence-corrected chi connectivity index (χ0v) is 14.0. The number of anilines is 1. The molecule has 2 aromatic heterocycles. The summed E-state index contributed by atoms with van der Waals surface area (Å²) >= 11 is 6.60. The zero-order chi connectivity index (χ0) is 17.8. The van der Waals surface area contributed by atoms with Crippen LogP contribution in [0.1, 0.15) is 16.4 Å². The van der Waals surface area contributed by atoms with Crippen molar-refractivity contribution in [2.45, 2.75) is 12.5 Å². The highest BCUT2D eigenvalue weighted by molar-refractivity contribution is 7.09. The fraction of sp³-hybridized carbons (Fsp3) is 0.133. The summed E-state index contributed by atoms with van der Waals surface area (Å²) in [6.45, 7) is -2.91. The molecule has 0 aliphatic rings. The van der Waals surface area contributed by atoms with Crippen LogP contribution in [-0.2, 0) is 5.88 Å². The van der Waals surface area contributed by atoms with Gasteiger partial charge in [-0.25, -0.2) is 4.98 Å². The van der Waals surface area contributed by atoms with E-state index in [1.54, 1.807) is 12.1 Å². The van der Waals surface area contributed by atoms with Crippen molar-refractivity contribution in [3.8, 4) is 16.9 Å². The summed E-state index contributed by atoms with van der Waals surface area (Å²) < 4.78 is 38.1. The number of rotatable bonds is 6. The minimum absolute atomic E-state index is 0.0159. The van der Waals surface area contributed by atoms with Gasteiger partial charge >= 0.3 is 6.61 Å². The van der Waals surface area contributed by atoms with Crippen molar-refractivity contribution in [2.24, 2.45) is 0 Å². The van der Waals surface area contributed by atoms with Gasteiger partial charge in [-0.1, -0.05) is 12.1 Å². The lowest BCUT2D eigenvalue weighted by molar-refractivity contribution is -0.0498. The molecule has 1 aromatic carbocycles. The Morgan fingerprint density at radius 2 is 2.20 bits per heavy atom. The van der Waals surface area contributed by atoms with E-state index < -0.39 is 12.5 Å². The monoisotopic (exact) mass is 385 g/mol. The zero-order valence-electron chi connectivity index (χ0n) is 12.4. The molecule has 3 rings (SSSR count). The fourth-order valence-electron chi connectivity index (χ4n) is 1.98. The minimum atomic E-state index is -2.91. The number of nitrogens with zero attached hydrogens (tertiary/aromatic N) is 2. The van der Waals surface area contributed by atoms with Gasteiger partial charge < -0.3 is 9.15 Å². The number of carbonyl (C=O) groups excluding carboxylic acids is 1. The van der Waals surface area contributed by atoms with E-state index in [2.05, 4.69) is 19.4 Å². The Morgan fingerprint density at radius 3 is 2.92 bits per heavy atom. The van der Waals surface area contributed by atoms with Crippen molar-refractivity contribution in [2.75, 3.05) is 5.32 Å². The molecule has 0 bridgehead atoms. The third-order valence-corrected chi connectivity index (χ3v) is 3.93. The molecule has 10 heteroatoms. The molecule has 1 amide bonds. The van der Waals surface area contributed by atoms with Crippen molar-refractivity contribution >= 4 is 34.2 Å². The third-order valence-electron chi connectivity index (χ3n) is 3.02. The van der Waals surface area contributed by atoms with Gasteiger partial charge in [0.15, 0.2) is 11.6 Å². The molecule has 130 valence electrons. The van der Waals surface area contributed by atoms with E-state index >= 15 is 0 Å². The molecule has 3 aromatic rings. The summed E-state index contributed by atoms with van der Waals surface area (Å²) in [6.07, 6.45) is 1.35. The maximum atomic E-state index is 12.3. The second-order valence-corrected chi connectivity index (χ2v) is 5.73. The van der Waals surface area contributed by atoms with Crippen molar-refractivity contribution < 1.29 is 22.7 Å². The van der Waals surface area contributed by atoms with Crippen LogP contribution in [0.2, 0.25) is 0 Å². The lowest BCUT2D eigenvalue weighted by Gasteiger charge is -2.05. The lowest BCUT2D eigenvalue weighted by atomic mass is 10.1. The highest BCUT2D eigenvalue weighted by Gasteiger charge is 2.15. The lowest BCUT2D eigenvalue weighted by Crippen LogP contribution is -2.10. The van der Waals surface area contributed by atoms with Gasteiger partial charge in [0.25, 0.3) is 5.91 Å². The fourth-order valence-corrected chi connectivity index (χ4v) is 2.75. The third kappa shape index (κ3) is 4.31. The summed E-state index contributed by atoms with van der Waals surface area (Å²) in [5, 5.41) is 2.84. The molecule has 25 heavy (non-hydrogen) atoms. The number of benzene rings is 1. The number of nitrogens with one attached hydrogen (secondary N) is 1. The number of carbonyl (C=O) groups is 1. The Morgan fingerprint density at radius 1 is 1.36 bits per heavy atom. The van der Waals surface area contributed by atoms with Crippen molar-refractivity contribution in [1.29, 1.82) is 0 Å². The van der Waals surface area contributed by atoms with Gasteiger partial charge in [0.05, 0.1) is 12.1 Å². The quantitative estimate of drug-likeness (QED) is 0.637. The van der Waals surface area contributed by atoms with E-state index in [1.807, 2.05) is 0 Å². The first kappa shape index (κ1) is 17.3. The SMILES string of the molecule is O=C(Nc1nc(CCl)ns1)c1cc(-c2cccc(OC(F)F)c2)co1. The minimum Gasteiger partial charge on any atom is -0.459 e. The average molecular weight is 386 g/mol. The number of hydrogen-bond acceptors (Lipinski definition) is 6. The smallest absolute Gasteiger partial charge is 0.387 e. The van der Waals surface area contributed by atoms with Gasteiger partial charge in [0, 0.05) is 17.1 Å². The van der Waals surface area contributed by atoms with Gasteiger partial charge in [0.1, 0.15) is 5.75 Å². The Kier molecular flexibility index (Phi) is 5.25. The van der Waals surface area contributed by atoms with Gasteiger partial charge in [-0.2, -0.15) is 13.2 Å². The number of ether oxygens (including phenoxy) is 1. The molecule has 1 N–H and O–H groups in total. The number of hydrogen-bond donors (Lipinski definition) is 1. The number of amides is 1. The highest BCUT2D eigenvalue weighted by atomic mass is 35.5. The van der Waals surface area contributed by atoms with E-state index in [0.717, 1.165) is 11.5 Å². The van der Waals surface area contributed by atoms with Crippen LogP contribution in [-0.4, -0.2) is 21.9 Å². The highest BCUT2D eigenvalue weighted by Crippen LogP contribution is 2.27. The Bertz CT molecular complexity index is 884. The van der Waals surface area contributed by atoms with Crippen molar-refractivity contribution in [3.63, 3.8) is 0 Å². The molecule has 0 radical (unpaired) electrons. The van der Waals surface area contributed by atoms with Crippen molar-refractivity contribution in [1.82, 2.24) is 9.36 Å². The Balaban J connectivity index is 1.74. The number of alkyl halides is 3. The molecule has 0 aliphatic heterocycles. The van der Waals surface area contributed by atoms with Crippen LogP contribution in [0.4, 0.5) is 13.9 Å². The van der Waals surface area contributed by atoms with Crippen LogP contribution in [0.3, 0.4) is 0 Å². The topological polar surface area (TPSA) is 77.2 Å². The molecule has 0 aliphatic carbocycles. The average Bonchev–Trinajstić information content (AvgIpc) is 3.23. The largest absolute Gasteiger partial charge is 0.459 e. The molecular weight excluding hydrogens is 376 g/mol. The molecule has 0 saturated carbocycles. The first-order valence-electron chi connectivity index (χ1n) is 6.89. The van der Waals surface area contributed by atoms with Crippen LogP contribution in [0, 0.1) is 0 Å². The van der Waals surface area contributed by atoms with Gasteiger partial charge in [0.2, 0.25) is 5.13 Å². The molecule has 0 fully saturated rings. The predicted octanol–water partition coefficient (Wildman–Crippen LogP) is 4.39. The Hall–Kier alpha value is -2.52. The van der Waals surface area contributed by atoms with E-state index in [4.69, 9.17) is 16.0 Å². The maximum Gasteiger partial charge on any atom is 0.387 e. The van der Waals surface area contributed by atoms with Crippen LogP contribution < -0.4 is 10.1 Å². The molecule has 0 atom stereocenters. The summed E-state index contributed by atoms with van der Waals surface area (Å²) in [5.41, 5.74) is 1.12. The van der Waals surface area contributed by atoms with Crippen LogP contribution >= 0.6 is 23.1 Å². The van der Waals surface area contributed by atoms with E-state index in [1.165, 1.54) is 24.5 Å². The molecule has 2 heterocycles. The van der Waals surface area contributed by atoms with Gasteiger partial charge in [-0.3, -0.25) is 10.1 Å². The normalized spacial score (nSPS) is 10.9. The maximum absolute atomic E-state index is 12.3. The number of furan rings is 1. The predicted molar refractivity (Wildman–Crippen MR) is 88.2 cm³/mol. The molecular formula is C15H10ClF2N3O3S. The molecule has 0 saturated heterocycles. The summed E-state index contributed by atoms with van der Waals surface area (Å²) in [5.74, 6) is 0.107. The number of aromatic nitrogens is 2. The van der Waals surface area contributed by atoms with E-state index in [-0.39, 0.29) is 17.4 Å². The second-order valence-electron chi connectivity index (χ2n) is 4.71. The summed E-state index contributed by atoms with van der Waals surface area (Å²) in [4.78, 5) is 16.2. The standard InChI is InChI=1S/C15H10ClF2N3O3S/c16-6-12-19-15(25-21-12)20-13(22)11-5-9(7-23-11)8-2-1-3-10(4-8)24-14(17)18/h1-5,7,14H,6H2,(H,19,20,21,22). The van der Waals surface area contributed by atoms with E-state index in [0.29, 0.717) is 22.1 Å². The summed E-state index contributed by atoms with van der Waals surface area (Å²) in [7, 11) is 0. The number of halogens is 3.